The van der Waals surface area contributed by atoms with Gasteiger partial charge in [-0.2, -0.15) is 0 Å². The number of nitroso groups, excluding NO2 is 1. The number of hydrazine groups is 1. The van der Waals surface area contributed by atoms with E-state index in [4.69, 9.17) is 23.2 Å². The molecule has 6 nitrogen and oxygen atoms in total. The molecule has 2 aromatic rings. The van der Waals surface area contributed by atoms with Gasteiger partial charge in [0.2, 0.25) is 6.04 Å². The molecule has 2 aliphatic rings. The molecule has 1 amide bonds. The number of rotatable bonds is 11. The summed E-state index contributed by atoms with van der Waals surface area (Å²) < 4.78 is 0. The van der Waals surface area contributed by atoms with Gasteiger partial charge in [-0.05, 0) is 81.4 Å². The van der Waals surface area contributed by atoms with Crippen LogP contribution in [-0.4, -0.2) is 66.0 Å². The lowest BCUT2D eigenvalue weighted by molar-refractivity contribution is -0.734. The molecule has 0 saturated carbocycles. The summed E-state index contributed by atoms with van der Waals surface area (Å²) in [5.41, 5.74) is 1.78. The first-order chi connectivity index (χ1) is 18.9. The van der Waals surface area contributed by atoms with Gasteiger partial charge in [0.15, 0.2) is 0 Å². The fourth-order valence-electron chi connectivity index (χ4n) is 6.00. The summed E-state index contributed by atoms with van der Waals surface area (Å²) in [4.78, 5) is 30.5. The van der Waals surface area contributed by atoms with E-state index < -0.39 is 0 Å². The summed E-state index contributed by atoms with van der Waals surface area (Å²) in [5, 5.41) is 5.93. The molecule has 1 N–H and O–H groups in total. The van der Waals surface area contributed by atoms with Crippen molar-refractivity contribution >= 4 is 29.1 Å². The molecular formula is C31H43Cl2N4O2+. The second kappa shape index (κ2) is 15.0. The smallest absolute Gasteiger partial charge is 0.251 e. The van der Waals surface area contributed by atoms with Gasteiger partial charge in [0.1, 0.15) is 4.87 Å². The van der Waals surface area contributed by atoms with Crippen LogP contribution in [0.4, 0.5) is 0 Å². The Balaban J connectivity index is 1.41. The molecule has 2 heterocycles. The van der Waals surface area contributed by atoms with Gasteiger partial charge in [-0.3, -0.25) is 4.79 Å². The van der Waals surface area contributed by atoms with Gasteiger partial charge in [0, 0.05) is 30.9 Å². The number of likely N-dealkylation sites (tertiary alicyclic amines) is 1. The lowest BCUT2D eigenvalue weighted by Crippen LogP contribution is -2.41. The minimum absolute atomic E-state index is 0.0857. The zero-order chi connectivity index (χ0) is 27.6. The van der Waals surface area contributed by atoms with Crippen LogP contribution in [0.3, 0.4) is 0 Å². The Hall–Kier alpha value is -2.15. The van der Waals surface area contributed by atoms with E-state index in [0.717, 1.165) is 45.2 Å². The maximum Gasteiger partial charge on any atom is 0.251 e. The minimum atomic E-state index is -0.162. The second-order valence-corrected chi connectivity index (χ2v) is 12.0. The van der Waals surface area contributed by atoms with Crippen molar-refractivity contribution in [2.45, 2.75) is 70.3 Å². The van der Waals surface area contributed by atoms with Crippen LogP contribution in [0, 0.1) is 10.8 Å². The van der Waals surface area contributed by atoms with E-state index in [-0.39, 0.29) is 17.9 Å². The van der Waals surface area contributed by atoms with Gasteiger partial charge in [-0.25, -0.2) is 0 Å². The van der Waals surface area contributed by atoms with Crippen molar-refractivity contribution < 1.29 is 9.66 Å². The van der Waals surface area contributed by atoms with Gasteiger partial charge < -0.3 is 10.2 Å². The van der Waals surface area contributed by atoms with Crippen LogP contribution < -0.4 is 5.32 Å². The Bertz CT molecular complexity index is 1080. The lowest BCUT2D eigenvalue weighted by Gasteiger charge is -2.26. The van der Waals surface area contributed by atoms with Gasteiger partial charge in [-0.15, -0.1) is 5.01 Å². The number of amides is 1. The maximum atomic E-state index is 13.8. The zero-order valence-electron chi connectivity index (χ0n) is 23.2. The van der Waals surface area contributed by atoms with Crippen LogP contribution in [0.15, 0.2) is 48.5 Å². The predicted octanol–water partition coefficient (Wildman–Crippen LogP) is 6.96. The van der Waals surface area contributed by atoms with Crippen molar-refractivity contribution in [1.29, 1.82) is 0 Å². The van der Waals surface area contributed by atoms with E-state index in [1.807, 2.05) is 11.1 Å². The molecule has 0 unspecified atom stereocenters. The zero-order valence-corrected chi connectivity index (χ0v) is 24.7. The van der Waals surface area contributed by atoms with E-state index in [9.17, 15) is 9.70 Å². The Labute approximate surface area is 243 Å². The summed E-state index contributed by atoms with van der Waals surface area (Å²) in [5.74, 6) is 0.378. The first-order valence-corrected chi connectivity index (χ1v) is 15.4. The third-order valence-electron chi connectivity index (χ3n) is 8.38. The molecule has 0 radical (unpaired) electrons. The second-order valence-electron chi connectivity index (χ2n) is 11.2. The van der Waals surface area contributed by atoms with Crippen LogP contribution in [-0.2, 0) is 0 Å². The van der Waals surface area contributed by atoms with E-state index in [1.165, 1.54) is 42.8 Å². The molecule has 0 aliphatic carbocycles. The minimum Gasteiger partial charge on any atom is -0.352 e. The maximum absolute atomic E-state index is 13.8. The van der Waals surface area contributed by atoms with Crippen molar-refractivity contribution in [3.05, 3.63) is 74.6 Å². The number of piperidine rings is 1. The van der Waals surface area contributed by atoms with Crippen LogP contribution in [0.5, 0.6) is 0 Å². The highest BCUT2D eigenvalue weighted by molar-refractivity contribution is 6.42. The van der Waals surface area contributed by atoms with Crippen molar-refractivity contribution in [3.8, 4) is 0 Å². The van der Waals surface area contributed by atoms with E-state index in [1.54, 1.807) is 18.2 Å². The number of nitrogens with one attached hydrogen (secondary N) is 1. The van der Waals surface area contributed by atoms with E-state index in [2.05, 4.69) is 41.4 Å². The van der Waals surface area contributed by atoms with Crippen molar-refractivity contribution in [3.63, 3.8) is 0 Å². The summed E-state index contributed by atoms with van der Waals surface area (Å²) in [6.07, 6.45) is 8.42. The average molecular weight is 575 g/mol. The molecular weight excluding hydrogens is 531 g/mol. The molecule has 8 heteroatoms. The van der Waals surface area contributed by atoms with Gasteiger partial charge in [-0.1, -0.05) is 66.9 Å². The highest BCUT2D eigenvalue weighted by Gasteiger charge is 2.38. The molecule has 39 heavy (non-hydrogen) atoms. The van der Waals surface area contributed by atoms with Crippen molar-refractivity contribution in [2.75, 3.05) is 39.3 Å². The van der Waals surface area contributed by atoms with Crippen LogP contribution in [0.25, 0.3) is 0 Å². The molecule has 2 aromatic carbocycles. The summed E-state index contributed by atoms with van der Waals surface area (Å²) in [6.45, 7) is 7.57. The summed E-state index contributed by atoms with van der Waals surface area (Å²) in [6, 6.07) is 15.4. The number of hydrogen-bond donors (Lipinski definition) is 1. The number of hydrogen-bond acceptors (Lipinski definition) is 3. The number of benzene rings is 2. The normalized spacial score (nSPS) is 21.4. The number of carbonyl (C=O) groups is 1. The van der Waals surface area contributed by atoms with Crippen LogP contribution >= 0.6 is 23.2 Å². The third kappa shape index (κ3) is 8.67. The quantitative estimate of drug-likeness (QED) is 0.295. The van der Waals surface area contributed by atoms with Crippen molar-refractivity contribution in [1.82, 2.24) is 15.2 Å². The number of carbonyl (C=O) groups excluding carboxylic acids is 1. The largest absolute Gasteiger partial charge is 0.352 e. The average Bonchev–Trinajstić information content (AvgIpc) is 3.11. The van der Waals surface area contributed by atoms with Crippen LogP contribution in [0.1, 0.15) is 80.1 Å². The Morgan fingerprint density at radius 2 is 1.82 bits per heavy atom. The monoisotopic (exact) mass is 573 g/mol. The van der Waals surface area contributed by atoms with Gasteiger partial charge in [0.25, 0.3) is 5.91 Å². The first kappa shape index (κ1) is 29.8. The third-order valence-corrected chi connectivity index (χ3v) is 9.12. The summed E-state index contributed by atoms with van der Waals surface area (Å²) >= 11 is 12.1. The lowest BCUT2D eigenvalue weighted by atomic mass is 9.94. The molecule has 2 fully saturated rings. The fourth-order valence-corrected chi connectivity index (χ4v) is 6.30. The standard InChI is InChI=1S/C31H42Cl2N4O2/c1-2-25(26-10-5-3-6-11-26)23-36-19-15-24(22-34-31(38)27-13-14-29(32)30(33)21-27)20-28(37(36)39)12-9-18-35-16-7-4-8-17-35/h3,5-6,10-11,13-14,21,24-25,28H,2,4,7-9,12,15-20,22-23H2,1H3/p+1/t24-,25+,28-/m0/s1. The topological polar surface area (TPSA) is 55.7 Å². The molecule has 212 valence electrons. The molecule has 3 atom stereocenters. The molecule has 2 saturated heterocycles. The highest BCUT2D eigenvalue weighted by atomic mass is 35.5. The molecule has 4 rings (SSSR count). The highest BCUT2D eigenvalue weighted by Crippen LogP contribution is 2.27. The molecule has 0 aromatic heterocycles. The molecule has 0 spiro atoms. The Morgan fingerprint density at radius 3 is 2.54 bits per heavy atom. The van der Waals surface area contributed by atoms with Gasteiger partial charge in [0.05, 0.1) is 28.0 Å². The van der Waals surface area contributed by atoms with Crippen molar-refractivity contribution in [2.24, 2.45) is 5.92 Å². The molecule has 2 aliphatic heterocycles. The fraction of sp³-hybridized carbons (Fsp3) is 0.581. The first-order valence-electron chi connectivity index (χ1n) is 14.7. The number of nitrogens with zero attached hydrogens (tertiary/aromatic N) is 3. The van der Waals surface area contributed by atoms with E-state index >= 15 is 0 Å². The Morgan fingerprint density at radius 1 is 1.05 bits per heavy atom. The number of halogens is 2. The Kier molecular flexibility index (Phi) is 11.5. The van der Waals surface area contributed by atoms with E-state index in [0.29, 0.717) is 34.6 Å². The molecule has 0 bridgehead atoms. The predicted molar refractivity (Wildman–Crippen MR) is 160 cm³/mol. The SMILES string of the molecule is CC[C@H](CN1CC[C@H](CNC(=O)c2ccc(Cl)c(Cl)c2)C[C@H](CCCN2CCCCC2)[N+]1=O)c1ccccc1. The van der Waals surface area contributed by atoms with Crippen LogP contribution in [0.2, 0.25) is 10.0 Å². The summed E-state index contributed by atoms with van der Waals surface area (Å²) in [7, 11) is 0. The van der Waals surface area contributed by atoms with Gasteiger partial charge >= 0.3 is 0 Å².